The third-order valence-electron chi connectivity index (χ3n) is 3.86. The maximum Gasteiger partial charge on any atom is 0.225 e. The van der Waals surface area contributed by atoms with E-state index in [0.717, 1.165) is 31.2 Å². The molecule has 2 rings (SSSR count). The lowest BCUT2D eigenvalue weighted by Crippen LogP contribution is -2.39. The minimum atomic E-state index is -0.776. The zero-order valence-corrected chi connectivity index (χ0v) is 11.5. The molecule has 1 aliphatic rings. The Bertz CT molecular complexity index is 413. The number of aromatic nitrogens is 1. The number of hydrogen-bond acceptors (Lipinski definition) is 3. The summed E-state index contributed by atoms with van der Waals surface area (Å²) in [4.78, 5) is 17.8. The van der Waals surface area contributed by atoms with E-state index < -0.39 is 5.60 Å². The number of carbonyl (C=O) groups excluding carboxylic acids is 1. The lowest BCUT2D eigenvalue weighted by molar-refractivity contribution is -0.137. The van der Waals surface area contributed by atoms with Crippen LogP contribution in [0.4, 0.5) is 0 Å². The van der Waals surface area contributed by atoms with Crippen LogP contribution >= 0.6 is 0 Å². The van der Waals surface area contributed by atoms with Crippen LogP contribution in [0.2, 0.25) is 0 Å². The predicted molar refractivity (Wildman–Crippen MR) is 73.4 cm³/mol. The first kappa shape index (κ1) is 14.0. The molecular weight excluding hydrogens is 240 g/mol. The molecule has 1 amide bonds. The van der Waals surface area contributed by atoms with Gasteiger partial charge < -0.3 is 10.0 Å². The van der Waals surface area contributed by atoms with Gasteiger partial charge in [0.2, 0.25) is 5.91 Å². The lowest BCUT2D eigenvalue weighted by Gasteiger charge is -2.32. The molecule has 0 aromatic carbocycles. The molecule has 1 aromatic heterocycles. The first-order valence-electron chi connectivity index (χ1n) is 6.94. The van der Waals surface area contributed by atoms with Gasteiger partial charge in [0.15, 0.2) is 0 Å². The summed E-state index contributed by atoms with van der Waals surface area (Å²) >= 11 is 0. The Labute approximate surface area is 114 Å². The molecule has 1 aliphatic carbocycles. The fourth-order valence-electron chi connectivity index (χ4n) is 2.65. The molecule has 1 fully saturated rings. The minimum absolute atomic E-state index is 0.0150. The molecule has 0 aliphatic heterocycles. The maximum atomic E-state index is 12.2. The highest BCUT2D eigenvalue weighted by molar-refractivity contribution is 5.77. The van der Waals surface area contributed by atoms with Gasteiger partial charge in [-0.1, -0.05) is 19.3 Å². The van der Waals surface area contributed by atoms with Crippen LogP contribution in [-0.2, 0) is 11.3 Å². The van der Waals surface area contributed by atoms with E-state index in [9.17, 15) is 9.90 Å². The van der Waals surface area contributed by atoms with E-state index in [1.54, 1.807) is 24.3 Å². The van der Waals surface area contributed by atoms with Crippen LogP contribution in [-0.4, -0.2) is 33.5 Å². The van der Waals surface area contributed by atoms with Crippen molar-refractivity contribution >= 4 is 5.91 Å². The van der Waals surface area contributed by atoms with Crippen molar-refractivity contribution in [2.75, 3.05) is 7.05 Å². The standard InChI is InChI=1S/C15H22N2O2/c1-17(12-13-5-9-16-10-6-13)14(18)11-15(19)7-3-2-4-8-15/h5-6,9-10,19H,2-4,7-8,11-12H2,1H3. The van der Waals surface area contributed by atoms with Gasteiger partial charge in [0.1, 0.15) is 0 Å². The number of aliphatic hydroxyl groups is 1. The van der Waals surface area contributed by atoms with Crippen LogP contribution in [0.15, 0.2) is 24.5 Å². The van der Waals surface area contributed by atoms with Crippen molar-refractivity contribution in [1.29, 1.82) is 0 Å². The molecule has 104 valence electrons. The van der Waals surface area contributed by atoms with E-state index in [4.69, 9.17) is 0 Å². The molecule has 1 aromatic rings. The van der Waals surface area contributed by atoms with E-state index in [1.165, 1.54) is 6.42 Å². The summed E-state index contributed by atoms with van der Waals surface area (Å²) < 4.78 is 0. The van der Waals surface area contributed by atoms with Gasteiger partial charge in [-0.25, -0.2) is 0 Å². The highest BCUT2D eigenvalue weighted by Crippen LogP contribution is 2.31. The maximum absolute atomic E-state index is 12.2. The van der Waals surface area contributed by atoms with Gasteiger partial charge in [-0.3, -0.25) is 9.78 Å². The van der Waals surface area contributed by atoms with Crippen LogP contribution in [0.25, 0.3) is 0 Å². The van der Waals surface area contributed by atoms with Crippen molar-refractivity contribution in [3.63, 3.8) is 0 Å². The second-order valence-corrected chi connectivity index (χ2v) is 5.57. The molecule has 0 unspecified atom stereocenters. The molecule has 4 nitrogen and oxygen atoms in total. The molecule has 1 N–H and O–H groups in total. The van der Waals surface area contributed by atoms with Gasteiger partial charge in [-0.2, -0.15) is 0 Å². The third-order valence-corrected chi connectivity index (χ3v) is 3.86. The quantitative estimate of drug-likeness (QED) is 0.904. The molecule has 0 atom stereocenters. The van der Waals surface area contributed by atoms with Gasteiger partial charge in [0, 0.05) is 26.0 Å². The SMILES string of the molecule is CN(Cc1ccncc1)C(=O)CC1(O)CCCCC1. The Hall–Kier alpha value is -1.42. The highest BCUT2D eigenvalue weighted by atomic mass is 16.3. The molecule has 1 saturated carbocycles. The van der Waals surface area contributed by atoms with Crippen molar-refractivity contribution in [3.05, 3.63) is 30.1 Å². The second-order valence-electron chi connectivity index (χ2n) is 5.57. The topological polar surface area (TPSA) is 53.4 Å². The first-order chi connectivity index (χ1) is 9.09. The summed E-state index contributed by atoms with van der Waals surface area (Å²) in [7, 11) is 1.79. The monoisotopic (exact) mass is 262 g/mol. The summed E-state index contributed by atoms with van der Waals surface area (Å²) in [5.74, 6) is 0.0150. The molecule has 0 bridgehead atoms. The van der Waals surface area contributed by atoms with Crippen LogP contribution in [0.1, 0.15) is 44.1 Å². The molecule has 4 heteroatoms. The molecule has 0 saturated heterocycles. The van der Waals surface area contributed by atoms with Crippen LogP contribution in [0.3, 0.4) is 0 Å². The van der Waals surface area contributed by atoms with E-state index in [-0.39, 0.29) is 12.3 Å². The number of rotatable bonds is 4. The number of hydrogen-bond donors (Lipinski definition) is 1. The molecule has 19 heavy (non-hydrogen) atoms. The summed E-state index contributed by atoms with van der Waals surface area (Å²) in [6.07, 6.45) is 8.42. The van der Waals surface area contributed by atoms with Gasteiger partial charge in [0.25, 0.3) is 0 Å². The van der Waals surface area contributed by atoms with E-state index in [1.807, 2.05) is 12.1 Å². The fraction of sp³-hybridized carbons (Fsp3) is 0.600. The molecule has 0 radical (unpaired) electrons. The normalized spacial score (nSPS) is 18.0. The lowest BCUT2D eigenvalue weighted by atomic mass is 9.82. The van der Waals surface area contributed by atoms with Gasteiger partial charge in [0.05, 0.1) is 12.0 Å². The average Bonchev–Trinajstić information content (AvgIpc) is 2.40. The summed E-state index contributed by atoms with van der Waals surface area (Å²) in [5, 5.41) is 10.4. The molecule has 1 heterocycles. The number of amides is 1. The van der Waals surface area contributed by atoms with Crippen molar-refractivity contribution in [3.8, 4) is 0 Å². The zero-order chi connectivity index (χ0) is 13.7. The highest BCUT2D eigenvalue weighted by Gasteiger charge is 2.32. The fourth-order valence-corrected chi connectivity index (χ4v) is 2.65. The average molecular weight is 262 g/mol. The molecular formula is C15H22N2O2. The van der Waals surface area contributed by atoms with Crippen LogP contribution in [0, 0.1) is 0 Å². The predicted octanol–water partition coefficient (Wildman–Crippen LogP) is 2.13. The number of carbonyl (C=O) groups is 1. The third kappa shape index (κ3) is 4.03. The largest absolute Gasteiger partial charge is 0.389 e. The van der Waals surface area contributed by atoms with Crippen LogP contribution < -0.4 is 0 Å². The van der Waals surface area contributed by atoms with Gasteiger partial charge >= 0.3 is 0 Å². The van der Waals surface area contributed by atoms with Crippen LogP contribution in [0.5, 0.6) is 0 Å². The van der Waals surface area contributed by atoms with Crippen molar-refractivity contribution < 1.29 is 9.90 Å². The van der Waals surface area contributed by atoms with Gasteiger partial charge in [-0.05, 0) is 30.5 Å². The van der Waals surface area contributed by atoms with Crippen molar-refractivity contribution in [2.24, 2.45) is 0 Å². The summed E-state index contributed by atoms with van der Waals surface area (Å²) in [5.41, 5.74) is 0.281. The summed E-state index contributed by atoms with van der Waals surface area (Å²) in [6, 6.07) is 3.80. The van der Waals surface area contributed by atoms with E-state index in [2.05, 4.69) is 4.98 Å². The minimum Gasteiger partial charge on any atom is -0.389 e. The Balaban J connectivity index is 1.88. The number of nitrogens with zero attached hydrogens (tertiary/aromatic N) is 2. The van der Waals surface area contributed by atoms with Crippen molar-refractivity contribution in [2.45, 2.75) is 50.7 Å². The second kappa shape index (κ2) is 6.15. The Morgan fingerprint density at radius 3 is 2.58 bits per heavy atom. The Morgan fingerprint density at radius 2 is 1.95 bits per heavy atom. The van der Waals surface area contributed by atoms with E-state index >= 15 is 0 Å². The van der Waals surface area contributed by atoms with Gasteiger partial charge in [-0.15, -0.1) is 0 Å². The smallest absolute Gasteiger partial charge is 0.225 e. The Morgan fingerprint density at radius 1 is 1.32 bits per heavy atom. The molecule has 0 spiro atoms. The van der Waals surface area contributed by atoms with Crippen molar-refractivity contribution in [1.82, 2.24) is 9.88 Å². The Kier molecular flexibility index (Phi) is 4.53. The zero-order valence-electron chi connectivity index (χ0n) is 11.5. The number of pyridine rings is 1. The summed E-state index contributed by atoms with van der Waals surface area (Å²) in [6.45, 7) is 0.567. The first-order valence-corrected chi connectivity index (χ1v) is 6.94. The van der Waals surface area contributed by atoms with E-state index in [0.29, 0.717) is 6.54 Å².